The van der Waals surface area contributed by atoms with Crippen molar-refractivity contribution in [2.75, 3.05) is 32.7 Å². The summed E-state index contributed by atoms with van der Waals surface area (Å²) in [7, 11) is -3.83. The first kappa shape index (κ1) is 22.8. The Morgan fingerprint density at radius 2 is 1.69 bits per heavy atom. The molecule has 0 bridgehead atoms. The van der Waals surface area contributed by atoms with E-state index < -0.39 is 21.9 Å². The maximum Gasteiger partial charge on any atom is 0.247 e. The van der Waals surface area contributed by atoms with Gasteiger partial charge in [-0.1, -0.05) is 41.9 Å². The van der Waals surface area contributed by atoms with Crippen molar-refractivity contribution in [3.8, 4) is 0 Å². The molecule has 2 aliphatic heterocycles. The van der Waals surface area contributed by atoms with Crippen LogP contribution in [0, 0.1) is 5.82 Å². The minimum atomic E-state index is -3.83. The SMILES string of the molecule is O=C1C[C@@H](N2CCN(S(=O)(=O)c3ccc(F)c(Cl)c3)CC2)C(=O)N1CCc1ccccc1. The molecule has 0 spiro atoms. The molecule has 0 N–H and O–H groups in total. The summed E-state index contributed by atoms with van der Waals surface area (Å²) >= 11 is 5.74. The molecular formula is C22H23ClFN3O4S. The molecule has 1 atom stereocenters. The van der Waals surface area contributed by atoms with Gasteiger partial charge in [-0.15, -0.1) is 0 Å². The zero-order valence-electron chi connectivity index (χ0n) is 17.3. The molecule has 2 amide bonds. The quantitative estimate of drug-likeness (QED) is 0.593. The Kier molecular flexibility index (Phi) is 6.62. The maximum absolute atomic E-state index is 13.4. The van der Waals surface area contributed by atoms with Crippen LogP contribution in [-0.2, 0) is 26.0 Å². The molecule has 32 heavy (non-hydrogen) atoms. The second kappa shape index (κ2) is 9.27. The molecule has 2 aromatic rings. The van der Waals surface area contributed by atoms with E-state index in [4.69, 9.17) is 11.6 Å². The minimum absolute atomic E-state index is 0.0726. The van der Waals surface area contributed by atoms with Crippen LogP contribution >= 0.6 is 11.6 Å². The fourth-order valence-electron chi connectivity index (χ4n) is 4.11. The molecule has 10 heteroatoms. The van der Waals surface area contributed by atoms with Crippen LogP contribution in [0.1, 0.15) is 12.0 Å². The second-order valence-corrected chi connectivity index (χ2v) is 10.2. The zero-order valence-corrected chi connectivity index (χ0v) is 18.9. The molecule has 0 saturated carbocycles. The summed E-state index contributed by atoms with van der Waals surface area (Å²) < 4.78 is 40.4. The van der Waals surface area contributed by atoms with Gasteiger partial charge in [0, 0.05) is 32.7 Å². The highest BCUT2D eigenvalue weighted by Crippen LogP contribution is 2.25. The van der Waals surface area contributed by atoms with E-state index in [2.05, 4.69) is 0 Å². The Labute approximate surface area is 191 Å². The van der Waals surface area contributed by atoms with Crippen LogP contribution in [0.5, 0.6) is 0 Å². The van der Waals surface area contributed by atoms with E-state index in [1.807, 2.05) is 35.2 Å². The number of amides is 2. The van der Waals surface area contributed by atoms with Gasteiger partial charge in [-0.2, -0.15) is 4.31 Å². The van der Waals surface area contributed by atoms with Gasteiger partial charge in [0.25, 0.3) is 0 Å². The first-order valence-corrected chi connectivity index (χ1v) is 12.2. The maximum atomic E-state index is 13.4. The molecule has 2 saturated heterocycles. The van der Waals surface area contributed by atoms with Gasteiger partial charge in [-0.05, 0) is 30.2 Å². The molecule has 0 radical (unpaired) electrons. The standard InChI is InChI=1S/C22H23ClFN3O4S/c23-18-14-17(6-7-19(18)24)32(30,31)26-12-10-25(11-13-26)20-15-21(28)27(22(20)29)9-8-16-4-2-1-3-5-16/h1-7,14,20H,8-13,15H2/t20-/m1/s1. The minimum Gasteiger partial charge on any atom is -0.289 e. The fourth-order valence-corrected chi connectivity index (χ4v) is 5.81. The molecule has 2 aromatic carbocycles. The first-order chi connectivity index (χ1) is 15.3. The van der Waals surface area contributed by atoms with Crippen molar-refractivity contribution in [1.29, 1.82) is 0 Å². The molecule has 4 rings (SSSR count). The number of benzene rings is 2. The van der Waals surface area contributed by atoms with Crippen LogP contribution in [0.15, 0.2) is 53.4 Å². The highest BCUT2D eigenvalue weighted by molar-refractivity contribution is 7.89. The molecule has 0 aromatic heterocycles. The van der Waals surface area contributed by atoms with E-state index in [0.717, 1.165) is 17.7 Å². The van der Waals surface area contributed by atoms with E-state index in [9.17, 15) is 22.4 Å². The Hall–Kier alpha value is -2.33. The summed E-state index contributed by atoms with van der Waals surface area (Å²) in [4.78, 5) is 28.4. The van der Waals surface area contributed by atoms with Crippen LogP contribution in [0.2, 0.25) is 5.02 Å². The van der Waals surface area contributed by atoms with Crippen LogP contribution < -0.4 is 0 Å². The van der Waals surface area contributed by atoms with Crippen LogP contribution in [0.25, 0.3) is 0 Å². The molecule has 2 heterocycles. The predicted molar refractivity (Wildman–Crippen MR) is 117 cm³/mol. The van der Waals surface area contributed by atoms with Crippen LogP contribution in [-0.4, -0.2) is 73.1 Å². The molecule has 0 unspecified atom stereocenters. The topological polar surface area (TPSA) is 78.0 Å². The molecule has 170 valence electrons. The summed E-state index contributed by atoms with van der Waals surface area (Å²) in [6, 6.07) is 12.4. The summed E-state index contributed by atoms with van der Waals surface area (Å²) in [5.41, 5.74) is 1.05. The summed E-state index contributed by atoms with van der Waals surface area (Å²) in [6.07, 6.45) is 0.700. The summed E-state index contributed by atoms with van der Waals surface area (Å²) in [5.74, 6) is -1.11. The molecular weight excluding hydrogens is 457 g/mol. The monoisotopic (exact) mass is 479 g/mol. The number of piperazine rings is 1. The van der Waals surface area contributed by atoms with Gasteiger partial charge in [0.1, 0.15) is 5.82 Å². The average Bonchev–Trinajstić information content (AvgIpc) is 3.08. The third-order valence-corrected chi connectivity index (χ3v) is 8.11. The third-order valence-electron chi connectivity index (χ3n) is 5.93. The number of carbonyl (C=O) groups excluding carboxylic acids is 2. The average molecular weight is 480 g/mol. The van der Waals surface area contributed by atoms with Crippen LogP contribution in [0.4, 0.5) is 4.39 Å². The Morgan fingerprint density at radius 3 is 2.34 bits per heavy atom. The lowest BCUT2D eigenvalue weighted by Gasteiger charge is -2.36. The number of hydrogen-bond acceptors (Lipinski definition) is 5. The number of carbonyl (C=O) groups is 2. The fraction of sp³-hybridized carbons (Fsp3) is 0.364. The van der Waals surface area contributed by atoms with Gasteiger partial charge in [0.05, 0.1) is 22.4 Å². The van der Waals surface area contributed by atoms with Crippen molar-refractivity contribution in [3.05, 3.63) is 64.9 Å². The first-order valence-electron chi connectivity index (χ1n) is 10.3. The van der Waals surface area contributed by atoms with E-state index in [0.29, 0.717) is 26.1 Å². The van der Waals surface area contributed by atoms with Gasteiger partial charge < -0.3 is 0 Å². The van der Waals surface area contributed by atoms with E-state index >= 15 is 0 Å². The Bertz CT molecular complexity index is 1120. The van der Waals surface area contributed by atoms with Gasteiger partial charge in [-0.25, -0.2) is 12.8 Å². The smallest absolute Gasteiger partial charge is 0.247 e. The normalized spacial score (nSPS) is 20.8. The lowest BCUT2D eigenvalue weighted by Crippen LogP contribution is -2.53. The van der Waals surface area contributed by atoms with E-state index in [1.54, 1.807) is 0 Å². The van der Waals surface area contributed by atoms with Gasteiger partial charge >= 0.3 is 0 Å². The van der Waals surface area contributed by atoms with Crippen molar-refractivity contribution < 1.29 is 22.4 Å². The lowest BCUT2D eigenvalue weighted by molar-refractivity contribution is -0.139. The number of likely N-dealkylation sites (tertiary alicyclic amines) is 1. The van der Waals surface area contributed by atoms with Crippen molar-refractivity contribution in [2.24, 2.45) is 0 Å². The number of halogens is 2. The number of sulfonamides is 1. The lowest BCUT2D eigenvalue weighted by atomic mass is 10.1. The Morgan fingerprint density at radius 1 is 1.00 bits per heavy atom. The molecule has 7 nitrogen and oxygen atoms in total. The van der Waals surface area contributed by atoms with Gasteiger partial charge in [-0.3, -0.25) is 19.4 Å². The summed E-state index contributed by atoms with van der Waals surface area (Å²) in [6.45, 7) is 1.31. The highest BCUT2D eigenvalue weighted by atomic mass is 35.5. The molecule has 0 aliphatic carbocycles. The van der Waals surface area contributed by atoms with Crippen molar-refractivity contribution >= 4 is 33.4 Å². The molecule has 2 fully saturated rings. The largest absolute Gasteiger partial charge is 0.289 e. The van der Waals surface area contributed by atoms with Crippen molar-refractivity contribution in [3.63, 3.8) is 0 Å². The number of hydrogen-bond donors (Lipinski definition) is 0. The number of imide groups is 1. The predicted octanol–water partition coefficient (Wildman–Crippen LogP) is 2.16. The zero-order chi connectivity index (χ0) is 22.9. The third kappa shape index (κ3) is 4.56. The number of rotatable bonds is 6. The second-order valence-electron chi connectivity index (χ2n) is 7.86. The van der Waals surface area contributed by atoms with Crippen LogP contribution in [0.3, 0.4) is 0 Å². The van der Waals surface area contributed by atoms with Crippen molar-refractivity contribution in [1.82, 2.24) is 14.1 Å². The van der Waals surface area contributed by atoms with Gasteiger partial charge in [0.15, 0.2) is 0 Å². The number of nitrogens with zero attached hydrogens (tertiary/aromatic N) is 3. The van der Waals surface area contributed by atoms with Gasteiger partial charge in [0.2, 0.25) is 21.8 Å². The molecule has 2 aliphatic rings. The Balaban J connectivity index is 1.37. The highest BCUT2D eigenvalue weighted by Gasteiger charge is 2.43. The van der Waals surface area contributed by atoms with Crippen molar-refractivity contribution in [2.45, 2.75) is 23.8 Å². The summed E-state index contributed by atoms with van der Waals surface area (Å²) in [5, 5.41) is -0.254. The van der Waals surface area contributed by atoms with E-state index in [-0.39, 0.29) is 41.2 Å². The van der Waals surface area contributed by atoms with E-state index in [1.165, 1.54) is 15.3 Å².